The van der Waals surface area contributed by atoms with Gasteiger partial charge in [-0.25, -0.2) is 0 Å². The minimum atomic E-state index is 0.126. The van der Waals surface area contributed by atoms with Crippen LogP contribution in [0.1, 0.15) is 32.3 Å². The van der Waals surface area contributed by atoms with Crippen LogP contribution in [0.25, 0.3) is 0 Å². The molecule has 0 fully saturated rings. The number of carbonyl (C=O) groups excluding carboxylic acids is 1. The molecule has 1 aromatic rings. The highest BCUT2D eigenvalue weighted by Gasteiger charge is 2.07. The number of carbonyl (C=O) groups is 1. The van der Waals surface area contributed by atoms with Gasteiger partial charge in [0.15, 0.2) is 0 Å². The van der Waals surface area contributed by atoms with Gasteiger partial charge in [-0.2, -0.15) is 0 Å². The SMILES string of the molecule is CC(C)CCOc1ccc(CCC(=O)N(C)C)cc1N. The normalized spacial score (nSPS) is 10.7. The first-order chi connectivity index (χ1) is 9.40. The Labute approximate surface area is 121 Å². The van der Waals surface area contributed by atoms with E-state index in [0.717, 1.165) is 17.7 Å². The Kier molecular flexibility index (Phi) is 6.36. The lowest BCUT2D eigenvalue weighted by Crippen LogP contribution is -2.21. The van der Waals surface area contributed by atoms with Crippen LogP contribution in [0.3, 0.4) is 0 Å². The molecule has 4 nitrogen and oxygen atoms in total. The summed E-state index contributed by atoms with van der Waals surface area (Å²) in [6, 6.07) is 5.77. The van der Waals surface area contributed by atoms with E-state index in [-0.39, 0.29) is 5.91 Å². The fourth-order valence-corrected chi connectivity index (χ4v) is 1.76. The highest BCUT2D eigenvalue weighted by Crippen LogP contribution is 2.23. The van der Waals surface area contributed by atoms with Crippen LogP contribution < -0.4 is 10.5 Å². The van der Waals surface area contributed by atoms with Crippen LogP contribution in [0.15, 0.2) is 18.2 Å². The minimum absolute atomic E-state index is 0.126. The van der Waals surface area contributed by atoms with Crippen LogP contribution in [0.4, 0.5) is 5.69 Å². The molecule has 1 aromatic carbocycles. The summed E-state index contributed by atoms with van der Waals surface area (Å²) < 4.78 is 5.67. The molecule has 1 amide bonds. The molecular formula is C16H26N2O2. The summed E-state index contributed by atoms with van der Waals surface area (Å²) in [5, 5.41) is 0. The Morgan fingerprint density at radius 1 is 1.35 bits per heavy atom. The Hall–Kier alpha value is -1.71. The zero-order chi connectivity index (χ0) is 15.1. The first-order valence-corrected chi connectivity index (χ1v) is 7.11. The second kappa shape index (κ2) is 7.78. The first-order valence-electron chi connectivity index (χ1n) is 7.11. The number of aryl methyl sites for hydroxylation is 1. The van der Waals surface area contributed by atoms with E-state index < -0.39 is 0 Å². The van der Waals surface area contributed by atoms with Crippen molar-refractivity contribution in [3.8, 4) is 5.75 Å². The van der Waals surface area contributed by atoms with Gasteiger partial charge >= 0.3 is 0 Å². The third-order valence-electron chi connectivity index (χ3n) is 3.15. The van der Waals surface area contributed by atoms with E-state index in [0.29, 0.717) is 31.1 Å². The zero-order valence-corrected chi connectivity index (χ0v) is 13.0. The van der Waals surface area contributed by atoms with Crippen molar-refractivity contribution in [3.63, 3.8) is 0 Å². The largest absolute Gasteiger partial charge is 0.491 e. The maximum atomic E-state index is 11.5. The standard InChI is InChI=1S/C16H26N2O2/c1-12(2)9-10-20-15-7-5-13(11-14(15)17)6-8-16(19)18(3)4/h5,7,11-12H,6,8-10,17H2,1-4H3. The molecule has 0 bridgehead atoms. The fourth-order valence-electron chi connectivity index (χ4n) is 1.76. The summed E-state index contributed by atoms with van der Waals surface area (Å²) in [5.41, 5.74) is 7.69. The molecular weight excluding hydrogens is 252 g/mol. The number of nitrogens with two attached hydrogens (primary N) is 1. The predicted molar refractivity (Wildman–Crippen MR) is 82.8 cm³/mol. The Balaban J connectivity index is 2.52. The molecule has 112 valence electrons. The van der Waals surface area contributed by atoms with Gasteiger partial charge in [0, 0.05) is 20.5 Å². The molecule has 4 heteroatoms. The summed E-state index contributed by atoms with van der Waals surface area (Å²) in [5.74, 6) is 1.47. The van der Waals surface area contributed by atoms with Crippen molar-refractivity contribution in [1.29, 1.82) is 0 Å². The molecule has 0 atom stereocenters. The summed E-state index contributed by atoms with van der Waals surface area (Å²) >= 11 is 0. The molecule has 1 rings (SSSR count). The second-order valence-electron chi connectivity index (χ2n) is 5.69. The zero-order valence-electron chi connectivity index (χ0n) is 13.0. The van der Waals surface area contributed by atoms with E-state index >= 15 is 0 Å². The lowest BCUT2D eigenvalue weighted by atomic mass is 10.1. The van der Waals surface area contributed by atoms with Crippen molar-refractivity contribution in [2.45, 2.75) is 33.1 Å². The quantitative estimate of drug-likeness (QED) is 0.780. The van der Waals surface area contributed by atoms with Gasteiger partial charge < -0.3 is 15.4 Å². The number of anilines is 1. The summed E-state index contributed by atoms with van der Waals surface area (Å²) in [7, 11) is 3.53. The monoisotopic (exact) mass is 278 g/mol. The van der Waals surface area contributed by atoms with E-state index in [4.69, 9.17) is 10.5 Å². The Morgan fingerprint density at radius 3 is 2.60 bits per heavy atom. The fraction of sp³-hybridized carbons (Fsp3) is 0.562. The molecule has 0 radical (unpaired) electrons. The van der Waals surface area contributed by atoms with Crippen molar-refractivity contribution in [3.05, 3.63) is 23.8 Å². The summed E-state index contributed by atoms with van der Waals surface area (Å²) in [6.07, 6.45) is 2.21. The van der Waals surface area contributed by atoms with E-state index in [2.05, 4.69) is 13.8 Å². The van der Waals surface area contributed by atoms with Gasteiger partial charge in [0.05, 0.1) is 12.3 Å². The number of nitrogens with zero attached hydrogens (tertiary/aromatic N) is 1. The van der Waals surface area contributed by atoms with Crippen molar-refractivity contribution in [2.24, 2.45) is 5.92 Å². The maximum Gasteiger partial charge on any atom is 0.222 e. The average molecular weight is 278 g/mol. The molecule has 0 saturated heterocycles. The van der Waals surface area contributed by atoms with Crippen LogP contribution in [0.2, 0.25) is 0 Å². The lowest BCUT2D eigenvalue weighted by Gasteiger charge is -2.12. The number of benzene rings is 1. The topological polar surface area (TPSA) is 55.6 Å². The Bertz CT molecular complexity index is 442. The smallest absolute Gasteiger partial charge is 0.222 e. The van der Waals surface area contributed by atoms with Crippen LogP contribution in [0.5, 0.6) is 5.75 Å². The number of hydrogen-bond acceptors (Lipinski definition) is 3. The molecule has 20 heavy (non-hydrogen) atoms. The van der Waals surface area contributed by atoms with Crippen molar-refractivity contribution >= 4 is 11.6 Å². The third kappa shape index (κ3) is 5.51. The molecule has 0 aliphatic rings. The van der Waals surface area contributed by atoms with Gasteiger partial charge in [0.25, 0.3) is 0 Å². The molecule has 2 N–H and O–H groups in total. The van der Waals surface area contributed by atoms with Crippen molar-refractivity contribution in [2.75, 3.05) is 26.4 Å². The molecule has 0 aliphatic heterocycles. The molecule has 0 heterocycles. The van der Waals surface area contributed by atoms with Crippen LogP contribution in [0, 0.1) is 5.92 Å². The van der Waals surface area contributed by atoms with E-state index in [1.807, 2.05) is 18.2 Å². The number of nitrogen functional groups attached to an aromatic ring is 1. The number of hydrogen-bond donors (Lipinski definition) is 1. The van der Waals surface area contributed by atoms with Crippen molar-refractivity contribution < 1.29 is 9.53 Å². The van der Waals surface area contributed by atoms with E-state index in [9.17, 15) is 4.79 Å². The van der Waals surface area contributed by atoms with E-state index in [1.54, 1.807) is 19.0 Å². The summed E-state index contributed by atoms with van der Waals surface area (Å²) in [6.45, 7) is 5.01. The molecule has 0 saturated carbocycles. The highest BCUT2D eigenvalue weighted by atomic mass is 16.5. The molecule has 0 unspecified atom stereocenters. The highest BCUT2D eigenvalue weighted by molar-refractivity contribution is 5.75. The van der Waals surface area contributed by atoms with Crippen LogP contribution >= 0.6 is 0 Å². The third-order valence-corrected chi connectivity index (χ3v) is 3.15. The van der Waals surface area contributed by atoms with Gasteiger partial charge in [0.2, 0.25) is 5.91 Å². The van der Waals surface area contributed by atoms with Crippen LogP contribution in [-0.2, 0) is 11.2 Å². The van der Waals surface area contributed by atoms with Gasteiger partial charge in [-0.05, 0) is 36.5 Å². The lowest BCUT2D eigenvalue weighted by molar-refractivity contribution is -0.128. The number of amides is 1. The Morgan fingerprint density at radius 2 is 2.05 bits per heavy atom. The predicted octanol–water partition coefficient (Wildman–Crippen LogP) is 2.71. The molecule has 0 aromatic heterocycles. The van der Waals surface area contributed by atoms with E-state index in [1.165, 1.54) is 0 Å². The number of ether oxygens (including phenoxy) is 1. The second-order valence-corrected chi connectivity index (χ2v) is 5.69. The number of rotatable bonds is 7. The van der Waals surface area contributed by atoms with Gasteiger partial charge in [-0.1, -0.05) is 19.9 Å². The summed E-state index contributed by atoms with van der Waals surface area (Å²) in [4.78, 5) is 13.1. The minimum Gasteiger partial charge on any atom is -0.491 e. The molecule has 0 aliphatic carbocycles. The van der Waals surface area contributed by atoms with Crippen molar-refractivity contribution in [1.82, 2.24) is 4.90 Å². The first kappa shape index (κ1) is 16.3. The van der Waals surface area contributed by atoms with Gasteiger partial charge in [-0.15, -0.1) is 0 Å². The average Bonchev–Trinajstić information content (AvgIpc) is 2.37. The van der Waals surface area contributed by atoms with Crippen LogP contribution in [-0.4, -0.2) is 31.5 Å². The molecule has 0 spiro atoms. The van der Waals surface area contributed by atoms with Gasteiger partial charge in [-0.3, -0.25) is 4.79 Å². The van der Waals surface area contributed by atoms with Gasteiger partial charge in [0.1, 0.15) is 5.75 Å². The maximum absolute atomic E-state index is 11.5.